The van der Waals surface area contributed by atoms with Crippen LogP contribution in [0.3, 0.4) is 0 Å². The second-order valence-corrected chi connectivity index (χ2v) is 18.5. The molecule has 0 N–H and O–H groups in total. The van der Waals surface area contributed by atoms with Gasteiger partial charge in [0.2, 0.25) is 0 Å². The lowest BCUT2D eigenvalue weighted by atomic mass is 9.99. The lowest BCUT2D eigenvalue weighted by Crippen LogP contribution is -2.33. The van der Waals surface area contributed by atoms with Gasteiger partial charge in [0.15, 0.2) is 6.29 Å². The molecule has 2 atom stereocenters. The first-order chi connectivity index (χ1) is 9.53. The zero-order valence-electron chi connectivity index (χ0n) is 15.1. The van der Waals surface area contributed by atoms with E-state index in [2.05, 4.69) is 51.6 Å². The fourth-order valence-corrected chi connectivity index (χ4v) is 4.95. The van der Waals surface area contributed by atoms with E-state index in [1.165, 1.54) is 10.8 Å². The van der Waals surface area contributed by atoms with E-state index in [1.807, 2.05) is 0 Å². The van der Waals surface area contributed by atoms with Crippen molar-refractivity contribution in [2.45, 2.75) is 77.4 Å². The average Bonchev–Trinajstić information content (AvgIpc) is 2.34. The van der Waals surface area contributed by atoms with Gasteiger partial charge in [0.25, 0.3) is 0 Å². The van der Waals surface area contributed by atoms with Gasteiger partial charge in [0.1, 0.15) is 0 Å². The van der Waals surface area contributed by atoms with Crippen LogP contribution < -0.4 is 0 Å². The molecule has 1 fully saturated rings. The molecule has 1 rings (SSSR count). The van der Waals surface area contributed by atoms with Gasteiger partial charge in [-0.15, -0.1) is 6.58 Å². The molecule has 0 aromatic rings. The highest BCUT2D eigenvalue weighted by Gasteiger charge is 2.28. The third-order valence-electron chi connectivity index (χ3n) is 4.05. The van der Waals surface area contributed by atoms with Gasteiger partial charge in [0, 0.05) is 13.5 Å². The Kier molecular flexibility index (Phi) is 6.65. The molecular weight excluding hydrogens is 292 g/mol. The molecule has 1 aliphatic heterocycles. The largest absolute Gasteiger partial charge is 0.356 e. The third kappa shape index (κ3) is 6.63. The monoisotopic (exact) mass is 326 g/mol. The molecular formula is C17H34O2Si2. The van der Waals surface area contributed by atoms with Gasteiger partial charge in [-0.1, -0.05) is 50.2 Å². The molecule has 122 valence electrons. The maximum atomic E-state index is 6.16. The van der Waals surface area contributed by atoms with E-state index >= 15 is 0 Å². The van der Waals surface area contributed by atoms with E-state index in [0.29, 0.717) is 0 Å². The molecule has 1 aliphatic rings. The molecule has 0 aliphatic carbocycles. The predicted molar refractivity (Wildman–Crippen MR) is 98.1 cm³/mol. The highest BCUT2D eigenvalue weighted by molar-refractivity contribution is 6.83. The summed E-state index contributed by atoms with van der Waals surface area (Å²) in [6.45, 7) is 18.6. The molecule has 2 nitrogen and oxygen atoms in total. The molecule has 0 radical (unpaired) electrons. The summed E-state index contributed by atoms with van der Waals surface area (Å²) in [5.41, 5.74) is 4.03. The lowest BCUT2D eigenvalue weighted by molar-refractivity contribution is -0.164. The van der Waals surface area contributed by atoms with E-state index in [0.717, 1.165) is 25.7 Å². The van der Waals surface area contributed by atoms with Gasteiger partial charge < -0.3 is 9.47 Å². The van der Waals surface area contributed by atoms with Crippen LogP contribution in [0.1, 0.15) is 25.7 Å². The highest BCUT2D eigenvalue weighted by atomic mass is 28.3. The summed E-state index contributed by atoms with van der Waals surface area (Å²) >= 11 is 0. The standard InChI is InChI=1S/C17H34O2Si2/c1-14(21(6,7)8)9-11-16-15(13-20(3,4)5)10-12-17(18-2)19-16/h13,16-17H,1,9-12H2,2-8H3/b15-13+. The Balaban J connectivity index is 2.76. The van der Waals surface area contributed by atoms with Gasteiger partial charge in [-0.25, -0.2) is 0 Å². The molecule has 0 amide bonds. The Bertz CT molecular complexity index is 389. The number of methoxy groups -OCH3 is 1. The Morgan fingerprint density at radius 3 is 2.38 bits per heavy atom. The SMILES string of the molecule is C=C(CCC1OC(OC)CC/C1=C\[Si](C)(C)C)[Si](C)(C)C. The molecule has 4 heteroatoms. The van der Waals surface area contributed by atoms with E-state index < -0.39 is 16.1 Å². The number of ether oxygens (including phenoxy) is 2. The molecule has 0 spiro atoms. The first kappa shape index (κ1) is 18.9. The van der Waals surface area contributed by atoms with Crippen molar-refractivity contribution >= 4 is 16.1 Å². The number of hydrogen-bond donors (Lipinski definition) is 0. The molecule has 0 bridgehead atoms. The Labute approximate surface area is 133 Å². The maximum absolute atomic E-state index is 6.16. The van der Waals surface area contributed by atoms with Crippen LogP contribution in [0.2, 0.25) is 39.3 Å². The summed E-state index contributed by atoms with van der Waals surface area (Å²) in [6.07, 6.45) is 4.43. The Morgan fingerprint density at radius 2 is 1.90 bits per heavy atom. The zero-order valence-corrected chi connectivity index (χ0v) is 17.1. The van der Waals surface area contributed by atoms with Gasteiger partial charge in [-0.2, -0.15) is 0 Å². The van der Waals surface area contributed by atoms with Crippen molar-refractivity contribution in [1.82, 2.24) is 0 Å². The minimum absolute atomic E-state index is 0.0334. The summed E-state index contributed by atoms with van der Waals surface area (Å²) in [5.74, 6) is 0. The Hall–Kier alpha value is -0.166. The van der Waals surface area contributed by atoms with Crippen molar-refractivity contribution < 1.29 is 9.47 Å². The zero-order chi connectivity index (χ0) is 16.3. The van der Waals surface area contributed by atoms with Crippen LogP contribution >= 0.6 is 0 Å². The van der Waals surface area contributed by atoms with Gasteiger partial charge in [0.05, 0.1) is 22.3 Å². The van der Waals surface area contributed by atoms with Crippen LogP contribution in [0.15, 0.2) is 23.0 Å². The van der Waals surface area contributed by atoms with Crippen molar-refractivity contribution in [3.05, 3.63) is 23.0 Å². The fraction of sp³-hybridized carbons (Fsp3) is 0.765. The van der Waals surface area contributed by atoms with Crippen LogP contribution in [0.5, 0.6) is 0 Å². The van der Waals surface area contributed by atoms with Gasteiger partial charge in [-0.3, -0.25) is 0 Å². The van der Waals surface area contributed by atoms with Gasteiger partial charge in [-0.05, 0) is 24.8 Å². The topological polar surface area (TPSA) is 18.5 Å². The third-order valence-corrected chi connectivity index (χ3v) is 7.66. The predicted octanol–water partition coefficient (Wildman–Crippen LogP) is 5.16. The lowest BCUT2D eigenvalue weighted by Gasteiger charge is -2.33. The molecule has 0 aromatic heterocycles. The molecule has 0 saturated carbocycles. The molecule has 1 saturated heterocycles. The van der Waals surface area contributed by atoms with Crippen molar-refractivity contribution in [3.63, 3.8) is 0 Å². The molecule has 21 heavy (non-hydrogen) atoms. The van der Waals surface area contributed by atoms with E-state index in [9.17, 15) is 0 Å². The smallest absolute Gasteiger partial charge is 0.158 e. The normalized spacial score (nSPS) is 26.1. The van der Waals surface area contributed by atoms with Crippen LogP contribution in [0.25, 0.3) is 0 Å². The van der Waals surface area contributed by atoms with Crippen molar-refractivity contribution in [3.8, 4) is 0 Å². The van der Waals surface area contributed by atoms with Crippen LogP contribution in [-0.4, -0.2) is 35.7 Å². The van der Waals surface area contributed by atoms with Crippen molar-refractivity contribution in [2.24, 2.45) is 0 Å². The fourth-order valence-electron chi connectivity index (χ4n) is 2.61. The molecule has 1 heterocycles. The second-order valence-electron chi connectivity index (χ2n) is 8.31. The van der Waals surface area contributed by atoms with Crippen molar-refractivity contribution in [2.75, 3.05) is 7.11 Å². The summed E-state index contributed by atoms with van der Waals surface area (Å²) < 4.78 is 11.6. The number of hydrogen-bond acceptors (Lipinski definition) is 2. The minimum atomic E-state index is -1.23. The van der Waals surface area contributed by atoms with Gasteiger partial charge >= 0.3 is 0 Å². The summed E-state index contributed by atoms with van der Waals surface area (Å²) in [5, 5.41) is 1.44. The van der Waals surface area contributed by atoms with E-state index in [4.69, 9.17) is 9.47 Å². The summed E-state index contributed by atoms with van der Waals surface area (Å²) in [4.78, 5) is 0. The highest BCUT2D eigenvalue weighted by Crippen LogP contribution is 2.31. The first-order valence-electron chi connectivity index (χ1n) is 8.11. The minimum Gasteiger partial charge on any atom is -0.356 e. The second kappa shape index (κ2) is 7.40. The molecule has 0 aromatic carbocycles. The van der Waals surface area contributed by atoms with Crippen molar-refractivity contribution in [1.29, 1.82) is 0 Å². The van der Waals surface area contributed by atoms with E-state index in [-0.39, 0.29) is 12.4 Å². The first-order valence-corrected chi connectivity index (χ1v) is 15.2. The molecule has 2 unspecified atom stereocenters. The summed E-state index contributed by atoms with van der Waals surface area (Å²) in [7, 11) is -0.693. The van der Waals surface area contributed by atoms with E-state index in [1.54, 1.807) is 7.11 Å². The number of rotatable bonds is 6. The average molecular weight is 327 g/mol. The summed E-state index contributed by atoms with van der Waals surface area (Å²) in [6, 6.07) is 0. The number of allylic oxidation sites excluding steroid dienone is 1. The van der Waals surface area contributed by atoms with Crippen LogP contribution in [0, 0.1) is 0 Å². The Morgan fingerprint density at radius 1 is 1.29 bits per heavy atom. The van der Waals surface area contributed by atoms with Crippen LogP contribution in [0.4, 0.5) is 0 Å². The maximum Gasteiger partial charge on any atom is 0.158 e. The van der Waals surface area contributed by atoms with Crippen LogP contribution in [-0.2, 0) is 9.47 Å². The quantitative estimate of drug-likeness (QED) is 0.628.